The molecule has 0 saturated carbocycles. The zero-order chi connectivity index (χ0) is 20.9. The van der Waals surface area contributed by atoms with Gasteiger partial charge in [0.2, 0.25) is 5.91 Å². The minimum atomic E-state index is -1.17. The van der Waals surface area contributed by atoms with Crippen LogP contribution in [-0.2, 0) is 14.3 Å². The van der Waals surface area contributed by atoms with Gasteiger partial charge in [0.05, 0.1) is 11.5 Å². The number of hydrogen-bond acceptors (Lipinski definition) is 6. The van der Waals surface area contributed by atoms with E-state index in [0.29, 0.717) is 19.4 Å². The Bertz CT molecular complexity index is 778. The molecule has 0 spiro atoms. The average Bonchev–Trinajstić information content (AvgIpc) is 2.67. The molecule has 28 heavy (non-hydrogen) atoms. The predicted octanol–water partition coefficient (Wildman–Crippen LogP) is 1.05. The number of non-ortho nitro benzene ring substituents is 1. The molecule has 1 aromatic carbocycles. The number of methoxy groups -OCH3 is 1. The normalized spacial score (nSPS) is 20.3. The van der Waals surface area contributed by atoms with Crippen LogP contribution in [0.25, 0.3) is 0 Å². The number of likely N-dealkylation sites (tertiary alicyclic amines) is 1. The first-order valence-electron chi connectivity index (χ1n) is 8.76. The second-order valence-electron chi connectivity index (χ2n) is 6.88. The molecule has 1 heterocycles. The lowest BCUT2D eigenvalue weighted by molar-refractivity contribution is -0.384. The van der Waals surface area contributed by atoms with E-state index >= 15 is 0 Å². The first kappa shape index (κ1) is 21.3. The highest BCUT2D eigenvalue weighted by Crippen LogP contribution is 2.31. The van der Waals surface area contributed by atoms with Crippen LogP contribution in [0.1, 0.15) is 30.1 Å². The van der Waals surface area contributed by atoms with E-state index in [2.05, 4.69) is 5.32 Å². The largest absolute Gasteiger partial charge is 0.481 e. The summed E-state index contributed by atoms with van der Waals surface area (Å²) in [4.78, 5) is 48.4. The van der Waals surface area contributed by atoms with E-state index < -0.39 is 34.2 Å². The molecule has 10 heteroatoms. The highest BCUT2D eigenvalue weighted by Gasteiger charge is 2.44. The van der Waals surface area contributed by atoms with Crippen molar-refractivity contribution in [3.05, 3.63) is 39.9 Å². The summed E-state index contributed by atoms with van der Waals surface area (Å²) in [6.45, 7) is 1.85. The first-order chi connectivity index (χ1) is 13.2. The van der Waals surface area contributed by atoms with E-state index in [1.165, 1.54) is 37.1 Å². The van der Waals surface area contributed by atoms with Gasteiger partial charge in [-0.3, -0.25) is 24.5 Å². The molecule has 0 radical (unpaired) electrons. The van der Waals surface area contributed by atoms with Crippen molar-refractivity contribution in [1.82, 2.24) is 10.2 Å². The molecule has 152 valence electrons. The minimum Gasteiger partial charge on any atom is -0.481 e. The van der Waals surface area contributed by atoms with Crippen molar-refractivity contribution in [1.29, 1.82) is 0 Å². The number of piperidine rings is 1. The fourth-order valence-corrected chi connectivity index (χ4v) is 3.33. The van der Waals surface area contributed by atoms with Crippen LogP contribution in [-0.4, -0.2) is 65.6 Å². The molecule has 10 nitrogen and oxygen atoms in total. The number of nitrogens with one attached hydrogen (secondary N) is 1. The maximum absolute atomic E-state index is 12.7. The van der Waals surface area contributed by atoms with E-state index in [9.17, 15) is 29.6 Å². The number of amides is 2. The lowest BCUT2D eigenvalue weighted by Crippen LogP contribution is -2.56. The van der Waals surface area contributed by atoms with Crippen molar-refractivity contribution in [2.24, 2.45) is 5.41 Å². The number of benzene rings is 1. The molecule has 1 fully saturated rings. The van der Waals surface area contributed by atoms with Gasteiger partial charge in [-0.1, -0.05) is 6.07 Å². The van der Waals surface area contributed by atoms with E-state index in [4.69, 9.17) is 4.74 Å². The summed E-state index contributed by atoms with van der Waals surface area (Å²) in [5.74, 6) is -2.07. The van der Waals surface area contributed by atoms with Crippen molar-refractivity contribution in [2.75, 3.05) is 26.8 Å². The predicted molar refractivity (Wildman–Crippen MR) is 97.8 cm³/mol. The second-order valence-corrected chi connectivity index (χ2v) is 6.88. The van der Waals surface area contributed by atoms with Gasteiger partial charge in [0.25, 0.3) is 11.6 Å². The number of carbonyl (C=O) groups excluding carboxylic acids is 2. The number of ether oxygens (including phenoxy) is 1. The molecule has 2 unspecified atom stereocenters. The quantitative estimate of drug-likeness (QED) is 0.521. The van der Waals surface area contributed by atoms with Crippen LogP contribution in [0.4, 0.5) is 5.69 Å². The Kier molecular flexibility index (Phi) is 6.68. The molecule has 2 N–H and O–H groups in total. The molecule has 1 aliphatic heterocycles. The SMILES string of the molecule is COCC1(C(=O)O)CCCN(C(=O)C(C)NC(=O)c2cccc([N+](=O)[O-])c2)C1. The lowest BCUT2D eigenvalue weighted by atomic mass is 9.80. The molecular formula is C18H23N3O7. The maximum Gasteiger partial charge on any atom is 0.313 e. The summed E-state index contributed by atoms with van der Waals surface area (Å²) in [5, 5.41) is 22.9. The van der Waals surface area contributed by atoms with Gasteiger partial charge in [0.15, 0.2) is 0 Å². The molecule has 1 aliphatic rings. The fraction of sp³-hybridized carbons (Fsp3) is 0.500. The van der Waals surface area contributed by atoms with Gasteiger partial charge < -0.3 is 20.1 Å². The summed E-state index contributed by atoms with van der Waals surface area (Å²) in [5.41, 5.74) is -1.34. The number of hydrogen-bond donors (Lipinski definition) is 2. The Labute approximate surface area is 161 Å². The fourth-order valence-electron chi connectivity index (χ4n) is 3.33. The van der Waals surface area contributed by atoms with Gasteiger partial charge in [0, 0.05) is 37.9 Å². The van der Waals surface area contributed by atoms with Crippen molar-refractivity contribution < 1.29 is 29.2 Å². The van der Waals surface area contributed by atoms with Crippen LogP contribution in [0.5, 0.6) is 0 Å². The van der Waals surface area contributed by atoms with Crippen LogP contribution in [0.3, 0.4) is 0 Å². The zero-order valence-corrected chi connectivity index (χ0v) is 15.7. The summed E-state index contributed by atoms with van der Waals surface area (Å²) in [7, 11) is 1.41. The summed E-state index contributed by atoms with van der Waals surface area (Å²) < 4.78 is 5.04. The number of carbonyl (C=O) groups is 3. The Morgan fingerprint density at radius 1 is 1.43 bits per heavy atom. The first-order valence-corrected chi connectivity index (χ1v) is 8.76. The van der Waals surface area contributed by atoms with Crippen LogP contribution >= 0.6 is 0 Å². The molecule has 0 bridgehead atoms. The van der Waals surface area contributed by atoms with Crippen LogP contribution in [0.15, 0.2) is 24.3 Å². The third-order valence-electron chi connectivity index (χ3n) is 4.80. The van der Waals surface area contributed by atoms with E-state index in [1.54, 1.807) is 0 Å². The standard InChI is InChI=1S/C18H23N3O7/c1-12(19-15(22)13-5-3-6-14(9-13)21(26)27)16(23)20-8-4-7-18(10-20,11-28-2)17(24)25/h3,5-6,9,12H,4,7-8,10-11H2,1-2H3,(H,19,22)(H,24,25). The number of aliphatic carboxylic acids is 1. The van der Waals surface area contributed by atoms with E-state index in [-0.39, 0.29) is 24.4 Å². The van der Waals surface area contributed by atoms with E-state index in [0.717, 1.165) is 6.07 Å². The maximum atomic E-state index is 12.7. The van der Waals surface area contributed by atoms with Gasteiger partial charge >= 0.3 is 5.97 Å². The Balaban J connectivity index is 2.07. The number of rotatable bonds is 7. The summed E-state index contributed by atoms with van der Waals surface area (Å²) >= 11 is 0. The number of nitro benzene ring substituents is 1. The van der Waals surface area contributed by atoms with Crippen LogP contribution in [0, 0.1) is 15.5 Å². The number of nitrogens with zero attached hydrogens (tertiary/aromatic N) is 2. The summed E-state index contributed by atoms with van der Waals surface area (Å²) in [6.07, 6.45) is 0.904. The third kappa shape index (κ3) is 4.63. The second kappa shape index (κ2) is 8.79. The minimum absolute atomic E-state index is 0.00791. The monoisotopic (exact) mass is 393 g/mol. The smallest absolute Gasteiger partial charge is 0.313 e. The third-order valence-corrected chi connectivity index (χ3v) is 4.80. The Hall–Kier alpha value is -3.01. The van der Waals surface area contributed by atoms with Crippen molar-refractivity contribution in [3.8, 4) is 0 Å². The molecule has 1 saturated heterocycles. The number of carboxylic acid groups (broad SMARTS) is 1. The molecule has 0 aromatic heterocycles. The highest BCUT2D eigenvalue weighted by atomic mass is 16.6. The van der Waals surface area contributed by atoms with Crippen LogP contribution < -0.4 is 5.32 Å². The van der Waals surface area contributed by atoms with Gasteiger partial charge in [-0.2, -0.15) is 0 Å². The number of nitro groups is 1. The van der Waals surface area contributed by atoms with E-state index in [1.807, 2.05) is 0 Å². The van der Waals surface area contributed by atoms with Crippen LogP contribution in [0.2, 0.25) is 0 Å². The van der Waals surface area contributed by atoms with Crippen molar-refractivity contribution >= 4 is 23.5 Å². The van der Waals surface area contributed by atoms with Gasteiger partial charge in [-0.15, -0.1) is 0 Å². The molecule has 0 aliphatic carbocycles. The molecule has 1 aromatic rings. The average molecular weight is 393 g/mol. The highest BCUT2D eigenvalue weighted by molar-refractivity contribution is 5.98. The van der Waals surface area contributed by atoms with Crippen molar-refractivity contribution in [3.63, 3.8) is 0 Å². The van der Waals surface area contributed by atoms with Crippen molar-refractivity contribution in [2.45, 2.75) is 25.8 Å². The molecule has 2 rings (SSSR count). The zero-order valence-electron chi connectivity index (χ0n) is 15.7. The number of carboxylic acids is 1. The Morgan fingerprint density at radius 2 is 2.14 bits per heavy atom. The topological polar surface area (TPSA) is 139 Å². The molecular weight excluding hydrogens is 370 g/mol. The van der Waals surface area contributed by atoms with Gasteiger partial charge in [-0.05, 0) is 25.8 Å². The van der Waals surface area contributed by atoms with Gasteiger partial charge in [0.1, 0.15) is 11.5 Å². The Morgan fingerprint density at radius 3 is 2.75 bits per heavy atom. The lowest BCUT2D eigenvalue weighted by Gasteiger charge is -2.40. The molecule has 2 amide bonds. The van der Waals surface area contributed by atoms with Gasteiger partial charge in [-0.25, -0.2) is 0 Å². The summed E-state index contributed by atoms with van der Waals surface area (Å²) in [6, 6.07) is 4.27. The molecule has 2 atom stereocenters.